The molecule has 0 saturated heterocycles. The lowest BCUT2D eigenvalue weighted by Crippen LogP contribution is -2.35. The number of nitrogens with one attached hydrogen (secondary N) is 1. The molecule has 1 amide bonds. The number of rotatable bonds is 8. The van der Waals surface area contributed by atoms with Gasteiger partial charge < -0.3 is 15.2 Å². The largest absolute Gasteiger partial charge is 0.389 e. The van der Waals surface area contributed by atoms with E-state index < -0.39 is 6.10 Å². The monoisotopic (exact) mass is 255 g/mol. The van der Waals surface area contributed by atoms with Crippen LogP contribution in [-0.4, -0.2) is 36.9 Å². The van der Waals surface area contributed by atoms with Crippen LogP contribution < -0.4 is 5.32 Å². The van der Waals surface area contributed by atoms with E-state index in [9.17, 15) is 9.90 Å². The molecule has 4 nitrogen and oxygen atoms in total. The van der Waals surface area contributed by atoms with Gasteiger partial charge in [-0.2, -0.15) is 0 Å². The van der Waals surface area contributed by atoms with Gasteiger partial charge in [0.15, 0.2) is 0 Å². The lowest BCUT2D eigenvalue weighted by Gasteiger charge is -2.13. The predicted octanol–water partition coefficient (Wildman–Crippen LogP) is 1.47. The molecule has 2 saturated carbocycles. The third kappa shape index (κ3) is 5.36. The molecule has 2 rings (SSSR count). The molecule has 2 aliphatic carbocycles. The number of ether oxygens (including phenoxy) is 1. The van der Waals surface area contributed by atoms with Crippen molar-refractivity contribution in [2.24, 2.45) is 11.8 Å². The number of hydrogen-bond acceptors (Lipinski definition) is 3. The number of amides is 1. The number of aliphatic hydroxyl groups excluding tert-OH is 1. The first-order valence-electron chi connectivity index (χ1n) is 7.26. The standard InChI is InChI=1S/C14H25NO3/c16-13(10-18-9-12-5-6-12)8-15-14(17)7-11-3-1-2-4-11/h11-13,16H,1-10H2,(H,15,17). The highest BCUT2D eigenvalue weighted by Gasteiger charge is 2.22. The van der Waals surface area contributed by atoms with Crippen molar-refractivity contribution in [1.82, 2.24) is 5.32 Å². The van der Waals surface area contributed by atoms with Gasteiger partial charge in [-0.05, 0) is 37.5 Å². The Morgan fingerprint density at radius 2 is 1.94 bits per heavy atom. The predicted molar refractivity (Wildman–Crippen MR) is 69.1 cm³/mol. The van der Waals surface area contributed by atoms with Gasteiger partial charge in [0.1, 0.15) is 0 Å². The van der Waals surface area contributed by atoms with Crippen LogP contribution in [-0.2, 0) is 9.53 Å². The van der Waals surface area contributed by atoms with Crippen LogP contribution in [0.15, 0.2) is 0 Å². The Labute approximate surface area is 109 Å². The Kier molecular flexibility index (Phi) is 5.45. The number of carbonyl (C=O) groups excluding carboxylic acids is 1. The smallest absolute Gasteiger partial charge is 0.220 e. The highest BCUT2D eigenvalue weighted by molar-refractivity contribution is 5.76. The van der Waals surface area contributed by atoms with Crippen LogP contribution in [0.1, 0.15) is 44.9 Å². The highest BCUT2D eigenvalue weighted by atomic mass is 16.5. The third-order valence-corrected chi connectivity index (χ3v) is 3.84. The zero-order valence-corrected chi connectivity index (χ0v) is 11.1. The van der Waals surface area contributed by atoms with Gasteiger partial charge in [-0.1, -0.05) is 12.8 Å². The molecule has 0 aromatic rings. The summed E-state index contributed by atoms with van der Waals surface area (Å²) in [6.07, 6.45) is 7.45. The summed E-state index contributed by atoms with van der Waals surface area (Å²) in [5.41, 5.74) is 0. The van der Waals surface area contributed by atoms with Crippen molar-refractivity contribution in [3.8, 4) is 0 Å². The zero-order valence-electron chi connectivity index (χ0n) is 11.1. The molecule has 0 spiro atoms. The molecule has 2 aliphatic rings. The third-order valence-electron chi connectivity index (χ3n) is 3.84. The minimum atomic E-state index is -0.573. The maximum absolute atomic E-state index is 11.6. The molecule has 0 heterocycles. The first-order valence-corrected chi connectivity index (χ1v) is 7.26. The molecule has 1 unspecified atom stereocenters. The normalized spacial score (nSPS) is 22.1. The van der Waals surface area contributed by atoms with Crippen molar-refractivity contribution >= 4 is 5.91 Å². The summed E-state index contributed by atoms with van der Waals surface area (Å²) in [4.78, 5) is 11.6. The molecular weight excluding hydrogens is 230 g/mol. The van der Waals surface area contributed by atoms with Gasteiger partial charge in [0, 0.05) is 19.6 Å². The Bertz CT molecular complexity index is 260. The quantitative estimate of drug-likeness (QED) is 0.690. The fraction of sp³-hybridized carbons (Fsp3) is 0.929. The lowest BCUT2D eigenvalue weighted by atomic mass is 10.0. The minimum absolute atomic E-state index is 0.0724. The van der Waals surface area contributed by atoms with Crippen LogP contribution in [0.3, 0.4) is 0 Å². The van der Waals surface area contributed by atoms with Crippen molar-refractivity contribution in [1.29, 1.82) is 0 Å². The second-order valence-electron chi connectivity index (χ2n) is 5.79. The molecule has 0 aliphatic heterocycles. The minimum Gasteiger partial charge on any atom is -0.389 e. The summed E-state index contributed by atoms with van der Waals surface area (Å²) in [7, 11) is 0. The molecule has 0 aromatic heterocycles. The van der Waals surface area contributed by atoms with Crippen molar-refractivity contribution in [2.75, 3.05) is 19.8 Å². The van der Waals surface area contributed by atoms with E-state index in [1.165, 1.54) is 38.5 Å². The number of carbonyl (C=O) groups is 1. The Hall–Kier alpha value is -0.610. The number of hydrogen-bond donors (Lipinski definition) is 2. The molecule has 0 radical (unpaired) electrons. The van der Waals surface area contributed by atoms with Gasteiger partial charge >= 0.3 is 0 Å². The van der Waals surface area contributed by atoms with Crippen LogP contribution in [0.25, 0.3) is 0 Å². The van der Waals surface area contributed by atoms with E-state index >= 15 is 0 Å². The molecule has 4 heteroatoms. The van der Waals surface area contributed by atoms with E-state index in [-0.39, 0.29) is 5.91 Å². The van der Waals surface area contributed by atoms with E-state index in [4.69, 9.17) is 4.74 Å². The summed E-state index contributed by atoms with van der Waals surface area (Å²) in [6, 6.07) is 0. The van der Waals surface area contributed by atoms with Gasteiger partial charge in [-0.15, -0.1) is 0 Å². The fourth-order valence-electron chi connectivity index (χ4n) is 2.49. The average molecular weight is 255 g/mol. The van der Waals surface area contributed by atoms with Crippen LogP contribution in [0.4, 0.5) is 0 Å². The van der Waals surface area contributed by atoms with E-state index in [0.717, 1.165) is 6.61 Å². The van der Waals surface area contributed by atoms with E-state index in [1.807, 2.05) is 0 Å². The first kappa shape index (κ1) is 13.8. The molecule has 18 heavy (non-hydrogen) atoms. The fourth-order valence-corrected chi connectivity index (χ4v) is 2.49. The zero-order chi connectivity index (χ0) is 12.8. The average Bonchev–Trinajstić information content (AvgIpc) is 3.03. The molecule has 2 fully saturated rings. The van der Waals surface area contributed by atoms with E-state index in [2.05, 4.69) is 5.32 Å². The summed E-state index contributed by atoms with van der Waals surface area (Å²) < 4.78 is 5.38. The van der Waals surface area contributed by atoms with Gasteiger partial charge in [-0.25, -0.2) is 0 Å². The summed E-state index contributed by atoms with van der Waals surface area (Å²) in [5, 5.41) is 12.4. The first-order chi connectivity index (χ1) is 8.74. The molecule has 0 aromatic carbocycles. The summed E-state index contributed by atoms with van der Waals surface area (Å²) in [6.45, 7) is 1.41. The van der Waals surface area contributed by atoms with Crippen molar-refractivity contribution in [3.63, 3.8) is 0 Å². The second-order valence-corrected chi connectivity index (χ2v) is 5.79. The molecular formula is C14H25NO3. The van der Waals surface area contributed by atoms with Gasteiger partial charge in [0.25, 0.3) is 0 Å². The molecule has 2 N–H and O–H groups in total. The van der Waals surface area contributed by atoms with Gasteiger partial charge in [-0.3, -0.25) is 4.79 Å². The van der Waals surface area contributed by atoms with Crippen LogP contribution in [0.2, 0.25) is 0 Å². The molecule has 1 atom stereocenters. The molecule has 0 bridgehead atoms. The van der Waals surface area contributed by atoms with Crippen LogP contribution >= 0.6 is 0 Å². The van der Waals surface area contributed by atoms with Gasteiger partial charge in [0.2, 0.25) is 5.91 Å². The SMILES string of the molecule is O=C(CC1CCCC1)NCC(O)COCC1CC1. The second kappa shape index (κ2) is 7.10. The number of aliphatic hydroxyl groups is 1. The maximum Gasteiger partial charge on any atom is 0.220 e. The Balaban J connectivity index is 1.48. The topological polar surface area (TPSA) is 58.6 Å². The lowest BCUT2D eigenvalue weighted by molar-refractivity contribution is -0.122. The molecule has 104 valence electrons. The van der Waals surface area contributed by atoms with Crippen molar-refractivity contribution in [2.45, 2.75) is 51.0 Å². The summed E-state index contributed by atoms with van der Waals surface area (Å²) in [5.74, 6) is 1.35. The maximum atomic E-state index is 11.6. The van der Waals surface area contributed by atoms with Crippen molar-refractivity contribution in [3.05, 3.63) is 0 Å². The summed E-state index contributed by atoms with van der Waals surface area (Å²) >= 11 is 0. The van der Waals surface area contributed by atoms with Crippen LogP contribution in [0.5, 0.6) is 0 Å². The van der Waals surface area contributed by atoms with E-state index in [0.29, 0.717) is 31.4 Å². The Morgan fingerprint density at radius 3 is 2.61 bits per heavy atom. The van der Waals surface area contributed by atoms with Gasteiger partial charge in [0.05, 0.1) is 12.7 Å². The highest BCUT2D eigenvalue weighted by Crippen LogP contribution is 2.28. The van der Waals surface area contributed by atoms with Crippen molar-refractivity contribution < 1.29 is 14.6 Å². The van der Waals surface area contributed by atoms with E-state index in [1.54, 1.807) is 0 Å². The Morgan fingerprint density at radius 1 is 1.22 bits per heavy atom. The van der Waals surface area contributed by atoms with Crippen LogP contribution in [0, 0.1) is 11.8 Å².